The van der Waals surface area contributed by atoms with Gasteiger partial charge in [-0.2, -0.15) is 0 Å². The molecule has 1 heterocycles. The van der Waals surface area contributed by atoms with E-state index in [4.69, 9.17) is 0 Å². The lowest BCUT2D eigenvalue weighted by molar-refractivity contribution is 0.627. The maximum absolute atomic E-state index is 2.42. The Morgan fingerprint density at radius 3 is 1.35 bits per heavy atom. The summed E-state index contributed by atoms with van der Waals surface area (Å²) >= 11 is 0. The molecule has 10 aromatic rings. The summed E-state index contributed by atoms with van der Waals surface area (Å²) in [6, 6.07) is 83.8. The summed E-state index contributed by atoms with van der Waals surface area (Å²) < 4.78 is 2.40. The molecule has 57 heavy (non-hydrogen) atoms. The minimum Gasteiger partial charge on any atom is -0.309 e. The zero-order chi connectivity index (χ0) is 37.6. The van der Waals surface area contributed by atoms with Crippen molar-refractivity contribution in [2.45, 2.75) is 10.8 Å². The summed E-state index contributed by atoms with van der Waals surface area (Å²) in [5, 5.41) is 2.54. The number of fused-ring (bicyclic) bond motifs is 8. The lowest BCUT2D eigenvalue weighted by atomic mass is 9.51. The number of rotatable bonds is 5. The number of hydrogen-bond donors (Lipinski definition) is 0. The number of para-hydroxylation sites is 2. The Morgan fingerprint density at radius 1 is 0.281 bits per heavy atom. The van der Waals surface area contributed by atoms with E-state index in [1.807, 2.05) is 0 Å². The summed E-state index contributed by atoms with van der Waals surface area (Å²) in [5.74, 6) is 0. The predicted molar refractivity (Wildman–Crippen MR) is 235 cm³/mol. The number of hydrogen-bond acceptors (Lipinski definition) is 0. The van der Waals surface area contributed by atoms with Gasteiger partial charge in [0.15, 0.2) is 0 Å². The molecule has 0 bridgehead atoms. The van der Waals surface area contributed by atoms with Crippen LogP contribution in [0.1, 0.15) is 44.5 Å². The van der Waals surface area contributed by atoms with Crippen LogP contribution in [0.3, 0.4) is 0 Å². The van der Waals surface area contributed by atoms with Crippen molar-refractivity contribution in [3.8, 4) is 27.9 Å². The number of benzene rings is 9. The summed E-state index contributed by atoms with van der Waals surface area (Å²) in [7, 11) is 0. The first-order valence-electron chi connectivity index (χ1n) is 19.9. The van der Waals surface area contributed by atoms with Crippen molar-refractivity contribution >= 4 is 21.8 Å². The summed E-state index contributed by atoms with van der Waals surface area (Å²) in [6.07, 6.45) is 0. The zero-order valence-corrected chi connectivity index (χ0v) is 31.3. The molecular formula is C56H37N. The Kier molecular flexibility index (Phi) is 6.83. The van der Waals surface area contributed by atoms with E-state index < -0.39 is 10.8 Å². The van der Waals surface area contributed by atoms with Crippen molar-refractivity contribution < 1.29 is 0 Å². The van der Waals surface area contributed by atoms with Gasteiger partial charge in [-0.25, -0.2) is 0 Å². The van der Waals surface area contributed by atoms with Gasteiger partial charge in [-0.05, 0) is 91.0 Å². The van der Waals surface area contributed by atoms with E-state index in [-0.39, 0.29) is 0 Å². The van der Waals surface area contributed by atoms with E-state index in [1.165, 1.54) is 88.6 Å². The van der Waals surface area contributed by atoms with Crippen LogP contribution in [0, 0.1) is 0 Å². The fourth-order valence-corrected chi connectivity index (χ4v) is 10.9. The molecular weight excluding hydrogens is 687 g/mol. The lowest BCUT2D eigenvalue weighted by Gasteiger charge is -2.50. The topological polar surface area (TPSA) is 4.93 Å². The van der Waals surface area contributed by atoms with E-state index in [2.05, 4.69) is 229 Å². The molecule has 2 aliphatic rings. The smallest absolute Gasteiger partial charge is 0.0720 e. The van der Waals surface area contributed by atoms with Gasteiger partial charge in [0.2, 0.25) is 0 Å². The van der Waals surface area contributed by atoms with Crippen LogP contribution in [0.15, 0.2) is 224 Å². The zero-order valence-electron chi connectivity index (χ0n) is 31.3. The Bertz CT molecular complexity index is 3120. The lowest BCUT2D eigenvalue weighted by Crippen LogP contribution is -2.44. The van der Waals surface area contributed by atoms with Crippen LogP contribution in [-0.2, 0) is 10.8 Å². The van der Waals surface area contributed by atoms with E-state index in [0.717, 1.165) is 5.69 Å². The van der Waals surface area contributed by atoms with E-state index in [1.54, 1.807) is 0 Å². The molecule has 1 heteroatoms. The highest BCUT2D eigenvalue weighted by Gasteiger charge is 2.57. The molecule has 0 spiro atoms. The molecule has 0 amide bonds. The van der Waals surface area contributed by atoms with E-state index >= 15 is 0 Å². The average Bonchev–Trinajstić information content (AvgIpc) is 3.79. The van der Waals surface area contributed by atoms with Crippen LogP contribution in [-0.4, -0.2) is 4.57 Å². The van der Waals surface area contributed by atoms with Gasteiger partial charge in [0.25, 0.3) is 0 Å². The first kappa shape index (κ1) is 32.1. The van der Waals surface area contributed by atoms with Crippen molar-refractivity contribution in [1.82, 2.24) is 4.57 Å². The highest BCUT2D eigenvalue weighted by molar-refractivity contribution is 6.09. The third-order valence-electron chi connectivity index (χ3n) is 13.0. The molecule has 0 N–H and O–H groups in total. The van der Waals surface area contributed by atoms with Crippen LogP contribution in [0.25, 0.3) is 49.7 Å². The second kappa shape index (κ2) is 12.1. The molecule has 0 saturated heterocycles. The maximum atomic E-state index is 2.42. The van der Waals surface area contributed by atoms with Crippen molar-refractivity contribution in [3.63, 3.8) is 0 Å². The highest BCUT2D eigenvalue weighted by atomic mass is 15.0. The van der Waals surface area contributed by atoms with Crippen molar-refractivity contribution in [2.24, 2.45) is 0 Å². The Hall–Kier alpha value is -7.22. The summed E-state index contributed by atoms with van der Waals surface area (Å²) in [6.45, 7) is 0. The molecule has 9 aromatic carbocycles. The fraction of sp³-hybridized carbons (Fsp3) is 0.0357. The molecule has 1 nitrogen and oxygen atoms in total. The van der Waals surface area contributed by atoms with E-state index in [0.29, 0.717) is 0 Å². The standard InChI is InChI=1S/C56H37N/c1-3-18-39(19-4-1)55(47-27-11-7-22-42(47)38-34-36-41(37-35-38)57-52-32-15-9-24-44(52)45-25-10-16-33-53(45)57)49-29-13-14-30-50(49)56(40-20-5-2-6-21-40)48-28-12-8-23-43(48)46-26-17-31-51(55)54(46)56/h1-37H. The van der Waals surface area contributed by atoms with E-state index in [9.17, 15) is 0 Å². The summed E-state index contributed by atoms with van der Waals surface area (Å²) in [5.41, 5.74) is 18.1. The minimum absolute atomic E-state index is 0.475. The SMILES string of the molecule is c1ccc(C2(c3ccccc3-c3ccc(-n4c5ccccc5c5ccccc54)cc3)c3ccccc3C3(c4ccccc4)c4ccccc4-c4cccc2c43)cc1. The maximum Gasteiger partial charge on any atom is 0.0720 e. The number of aromatic nitrogens is 1. The van der Waals surface area contributed by atoms with Crippen LogP contribution in [0.5, 0.6) is 0 Å². The van der Waals surface area contributed by atoms with Crippen LogP contribution >= 0.6 is 0 Å². The first-order chi connectivity index (χ1) is 28.3. The van der Waals surface area contributed by atoms with Gasteiger partial charge >= 0.3 is 0 Å². The quantitative estimate of drug-likeness (QED) is 0.167. The van der Waals surface area contributed by atoms with Gasteiger partial charge in [0.05, 0.1) is 21.9 Å². The molecule has 2 aliphatic carbocycles. The molecule has 0 aliphatic heterocycles. The van der Waals surface area contributed by atoms with Gasteiger partial charge in [-0.1, -0.05) is 200 Å². The summed E-state index contributed by atoms with van der Waals surface area (Å²) in [4.78, 5) is 0. The van der Waals surface area contributed by atoms with Crippen molar-refractivity contribution in [1.29, 1.82) is 0 Å². The Morgan fingerprint density at radius 2 is 0.719 bits per heavy atom. The van der Waals surface area contributed by atoms with Crippen molar-refractivity contribution in [2.75, 3.05) is 0 Å². The highest BCUT2D eigenvalue weighted by Crippen LogP contribution is 2.66. The minimum atomic E-state index is -0.619. The Labute approximate surface area is 332 Å². The Balaban J connectivity index is 1.16. The molecule has 0 saturated carbocycles. The molecule has 0 radical (unpaired) electrons. The second-order valence-electron chi connectivity index (χ2n) is 15.5. The van der Waals surface area contributed by atoms with Gasteiger partial charge in [-0.15, -0.1) is 0 Å². The average molecular weight is 724 g/mol. The molecule has 0 fully saturated rings. The molecule has 1 aromatic heterocycles. The third-order valence-corrected chi connectivity index (χ3v) is 13.0. The molecule has 2 unspecified atom stereocenters. The van der Waals surface area contributed by atoms with Gasteiger partial charge < -0.3 is 4.57 Å². The fourth-order valence-electron chi connectivity index (χ4n) is 10.9. The molecule has 2 atom stereocenters. The largest absolute Gasteiger partial charge is 0.309 e. The van der Waals surface area contributed by atoms with Crippen LogP contribution in [0.4, 0.5) is 0 Å². The predicted octanol–water partition coefficient (Wildman–Crippen LogP) is 13.5. The molecule has 266 valence electrons. The second-order valence-corrected chi connectivity index (χ2v) is 15.5. The first-order valence-corrected chi connectivity index (χ1v) is 19.9. The van der Waals surface area contributed by atoms with Gasteiger partial charge in [-0.3, -0.25) is 0 Å². The molecule has 12 rings (SSSR count). The normalized spacial score (nSPS) is 17.6. The monoisotopic (exact) mass is 723 g/mol. The van der Waals surface area contributed by atoms with Gasteiger partial charge in [0, 0.05) is 16.5 Å². The van der Waals surface area contributed by atoms with Crippen LogP contribution in [0.2, 0.25) is 0 Å². The third kappa shape index (κ3) is 4.18. The van der Waals surface area contributed by atoms with Gasteiger partial charge in [0.1, 0.15) is 0 Å². The number of nitrogens with zero attached hydrogens (tertiary/aromatic N) is 1. The van der Waals surface area contributed by atoms with Crippen LogP contribution < -0.4 is 0 Å². The van der Waals surface area contributed by atoms with Crippen molar-refractivity contribution in [3.05, 3.63) is 269 Å².